The van der Waals surface area contributed by atoms with Gasteiger partial charge in [0.15, 0.2) is 17.3 Å². The van der Waals surface area contributed by atoms with Gasteiger partial charge in [-0.1, -0.05) is 36.4 Å². The first kappa shape index (κ1) is 19.7. The van der Waals surface area contributed by atoms with E-state index in [4.69, 9.17) is 14.2 Å². The fourth-order valence-electron chi connectivity index (χ4n) is 3.74. The highest BCUT2D eigenvalue weighted by molar-refractivity contribution is 6.14. The largest absolute Gasteiger partial charge is 0.493 e. The van der Waals surface area contributed by atoms with Crippen molar-refractivity contribution in [2.24, 2.45) is 4.99 Å². The van der Waals surface area contributed by atoms with Gasteiger partial charge in [-0.3, -0.25) is 9.79 Å². The molecule has 5 heteroatoms. The monoisotopic (exact) mass is 401 g/mol. The molecular weight excluding hydrogens is 378 g/mol. The molecule has 0 bridgehead atoms. The van der Waals surface area contributed by atoms with E-state index in [1.165, 1.54) is 14.2 Å². The van der Waals surface area contributed by atoms with Crippen molar-refractivity contribution in [3.05, 3.63) is 83.1 Å². The molecule has 0 unspecified atom stereocenters. The predicted molar refractivity (Wildman–Crippen MR) is 118 cm³/mol. The lowest BCUT2D eigenvalue weighted by atomic mass is 9.91. The van der Waals surface area contributed by atoms with Crippen LogP contribution in [0.15, 0.2) is 65.8 Å². The van der Waals surface area contributed by atoms with E-state index < -0.39 is 0 Å². The van der Waals surface area contributed by atoms with E-state index in [-0.39, 0.29) is 5.78 Å². The van der Waals surface area contributed by atoms with E-state index in [2.05, 4.69) is 23.2 Å². The normalized spacial score (nSPS) is 14.5. The number of carbonyl (C=O) groups is 1. The molecule has 5 nitrogen and oxygen atoms in total. The minimum atomic E-state index is -0.112. The maximum absolute atomic E-state index is 13.7. The Morgan fingerprint density at radius 3 is 2.30 bits per heavy atom. The Morgan fingerprint density at radius 2 is 1.73 bits per heavy atom. The Labute approximate surface area is 176 Å². The quantitative estimate of drug-likeness (QED) is 0.613. The van der Waals surface area contributed by atoms with Gasteiger partial charge >= 0.3 is 0 Å². The van der Waals surface area contributed by atoms with Crippen LogP contribution in [-0.2, 0) is 0 Å². The van der Waals surface area contributed by atoms with Crippen LogP contribution in [0.2, 0.25) is 0 Å². The van der Waals surface area contributed by atoms with Gasteiger partial charge < -0.3 is 14.2 Å². The van der Waals surface area contributed by atoms with E-state index in [0.29, 0.717) is 28.4 Å². The summed E-state index contributed by atoms with van der Waals surface area (Å²) in [7, 11) is 4.62. The third kappa shape index (κ3) is 3.54. The first-order valence-electron chi connectivity index (χ1n) is 9.74. The number of methoxy groups -OCH3 is 3. The zero-order chi connectivity index (χ0) is 21.1. The second-order valence-electron chi connectivity index (χ2n) is 6.97. The third-order valence-corrected chi connectivity index (χ3v) is 5.25. The average Bonchev–Trinajstić information content (AvgIpc) is 3.51. The summed E-state index contributed by atoms with van der Waals surface area (Å²) in [5, 5.41) is 0. The van der Waals surface area contributed by atoms with Gasteiger partial charge in [0, 0.05) is 23.7 Å². The number of benzene rings is 2. The van der Waals surface area contributed by atoms with Gasteiger partial charge in [-0.05, 0) is 41.3 Å². The van der Waals surface area contributed by atoms with E-state index in [9.17, 15) is 4.79 Å². The third-order valence-electron chi connectivity index (χ3n) is 5.25. The summed E-state index contributed by atoms with van der Waals surface area (Å²) < 4.78 is 16.3. The lowest BCUT2D eigenvalue weighted by Gasteiger charge is -2.15. The Kier molecular flexibility index (Phi) is 5.53. The van der Waals surface area contributed by atoms with Gasteiger partial charge in [-0.2, -0.15) is 0 Å². The molecule has 0 atom stereocenters. The number of carbonyl (C=O) groups excluding carboxylic acids is 1. The van der Waals surface area contributed by atoms with Gasteiger partial charge in [0.05, 0.1) is 27.0 Å². The minimum absolute atomic E-state index is 0.112. The fourth-order valence-corrected chi connectivity index (χ4v) is 3.74. The van der Waals surface area contributed by atoms with E-state index in [1.54, 1.807) is 25.4 Å². The van der Waals surface area contributed by atoms with E-state index in [1.807, 2.05) is 24.3 Å². The number of hydrogen-bond donors (Lipinski definition) is 0. The van der Waals surface area contributed by atoms with Crippen molar-refractivity contribution in [3.8, 4) is 17.2 Å². The Balaban J connectivity index is 1.84. The highest BCUT2D eigenvalue weighted by Crippen LogP contribution is 2.39. The molecule has 1 aliphatic carbocycles. The topological polar surface area (TPSA) is 57.1 Å². The molecule has 0 radical (unpaired) electrons. The molecule has 0 aromatic heterocycles. The first-order valence-corrected chi connectivity index (χ1v) is 9.74. The molecule has 0 fully saturated rings. The molecule has 0 spiro atoms. The van der Waals surface area contributed by atoms with Crippen molar-refractivity contribution in [1.29, 1.82) is 0 Å². The molecule has 1 heterocycles. The van der Waals surface area contributed by atoms with Gasteiger partial charge in [0.25, 0.3) is 0 Å². The average molecular weight is 401 g/mol. The SMILES string of the molecule is COc1cc(C(=O)c2cc(C3=NC=CC3)ccc2C2=CCC=C2)cc(OC)c1OC. The number of allylic oxidation sites excluding steroid dienone is 5. The summed E-state index contributed by atoms with van der Waals surface area (Å²) in [6.07, 6.45) is 11.7. The van der Waals surface area contributed by atoms with Crippen LogP contribution in [0.4, 0.5) is 0 Å². The summed E-state index contributed by atoms with van der Waals surface area (Å²) in [6.45, 7) is 0. The number of ether oxygens (including phenoxy) is 3. The van der Waals surface area contributed by atoms with E-state index >= 15 is 0 Å². The van der Waals surface area contributed by atoms with Crippen LogP contribution in [0.1, 0.15) is 39.9 Å². The van der Waals surface area contributed by atoms with Crippen molar-refractivity contribution in [1.82, 2.24) is 0 Å². The molecule has 4 rings (SSSR count). The maximum atomic E-state index is 13.7. The van der Waals surface area contributed by atoms with Crippen LogP contribution in [-0.4, -0.2) is 32.8 Å². The van der Waals surface area contributed by atoms with Crippen molar-refractivity contribution in [2.45, 2.75) is 12.8 Å². The lowest BCUT2D eigenvalue weighted by molar-refractivity contribution is 0.103. The molecular formula is C25H23NO4. The molecule has 2 aliphatic rings. The summed E-state index contributed by atoms with van der Waals surface area (Å²) in [4.78, 5) is 18.1. The Hall–Kier alpha value is -3.60. The van der Waals surface area contributed by atoms with Crippen molar-refractivity contribution in [2.75, 3.05) is 21.3 Å². The van der Waals surface area contributed by atoms with Gasteiger partial charge in [0.2, 0.25) is 5.75 Å². The van der Waals surface area contributed by atoms with Crippen LogP contribution in [0, 0.1) is 0 Å². The highest BCUT2D eigenvalue weighted by atomic mass is 16.5. The molecule has 0 saturated heterocycles. The second-order valence-corrected chi connectivity index (χ2v) is 6.97. The summed E-state index contributed by atoms with van der Waals surface area (Å²) in [5.41, 5.74) is 4.94. The number of rotatable bonds is 7. The molecule has 0 amide bonds. The van der Waals surface area contributed by atoms with Crippen LogP contribution in [0.25, 0.3) is 5.57 Å². The van der Waals surface area contributed by atoms with Crippen LogP contribution in [0.5, 0.6) is 17.2 Å². The van der Waals surface area contributed by atoms with Gasteiger partial charge in [-0.25, -0.2) is 0 Å². The van der Waals surface area contributed by atoms with E-state index in [0.717, 1.165) is 35.3 Å². The minimum Gasteiger partial charge on any atom is -0.493 e. The zero-order valence-electron chi connectivity index (χ0n) is 17.3. The smallest absolute Gasteiger partial charge is 0.203 e. The predicted octanol–water partition coefficient (Wildman–Crippen LogP) is 4.99. The van der Waals surface area contributed by atoms with Crippen molar-refractivity contribution in [3.63, 3.8) is 0 Å². The Bertz CT molecular complexity index is 1100. The summed E-state index contributed by atoms with van der Waals surface area (Å²) in [6, 6.07) is 9.34. The van der Waals surface area contributed by atoms with Crippen molar-refractivity contribution >= 4 is 17.1 Å². The zero-order valence-corrected chi connectivity index (χ0v) is 17.3. The molecule has 0 saturated carbocycles. The number of ketones is 1. The molecule has 2 aromatic carbocycles. The first-order chi connectivity index (χ1) is 14.7. The maximum Gasteiger partial charge on any atom is 0.203 e. The second kappa shape index (κ2) is 8.41. The van der Waals surface area contributed by atoms with Gasteiger partial charge in [-0.15, -0.1) is 0 Å². The van der Waals surface area contributed by atoms with Crippen LogP contribution < -0.4 is 14.2 Å². The molecule has 30 heavy (non-hydrogen) atoms. The van der Waals surface area contributed by atoms with Crippen LogP contribution >= 0.6 is 0 Å². The Morgan fingerprint density at radius 1 is 0.967 bits per heavy atom. The molecule has 2 aromatic rings. The lowest BCUT2D eigenvalue weighted by Crippen LogP contribution is -2.09. The van der Waals surface area contributed by atoms with Crippen LogP contribution in [0.3, 0.4) is 0 Å². The molecule has 0 N–H and O–H groups in total. The summed E-state index contributed by atoms with van der Waals surface area (Å²) >= 11 is 0. The number of hydrogen-bond acceptors (Lipinski definition) is 5. The number of nitrogens with zero attached hydrogens (tertiary/aromatic N) is 1. The molecule has 152 valence electrons. The molecule has 1 aliphatic heterocycles. The van der Waals surface area contributed by atoms with Gasteiger partial charge in [0.1, 0.15) is 0 Å². The number of aliphatic imine (C=N–C) groups is 1. The summed E-state index contributed by atoms with van der Waals surface area (Å²) in [5.74, 6) is 1.24. The highest BCUT2D eigenvalue weighted by Gasteiger charge is 2.22. The fraction of sp³-hybridized carbons (Fsp3) is 0.200. The standard InChI is InChI=1S/C25H23NO4/c1-28-22-14-18(15-23(29-2)25(22)30-3)24(27)20-13-17(21-9-6-12-26-21)10-11-19(20)16-7-4-5-8-16/h4,6-8,10-15H,5,9H2,1-3H3. The van der Waals surface area contributed by atoms with Crippen molar-refractivity contribution < 1.29 is 19.0 Å².